The van der Waals surface area contributed by atoms with E-state index >= 15 is 0 Å². The molecule has 1 aromatic heterocycles. The molecule has 7 nitrogen and oxygen atoms in total. The number of aromatic nitrogens is 3. The molecule has 1 saturated heterocycles. The molecule has 2 rings (SSSR count). The number of nitrogens with zero attached hydrogens (tertiary/aromatic N) is 6. The van der Waals surface area contributed by atoms with Crippen LogP contribution < -0.4 is 5.32 Å². The molecule has 8 heteroatoms. The van der Waals surface area contributed by atoms with Gasteiger partial charge in [0.05, 0.1) is 0 Å². The molecule has 1 atom stereocenters. The predicted octanol–water partition coefficient (Wildman–Crippen LogP) is 1.56. The Balaban J connectivity index is 0.00000288. The second kappa shape index (κ2) is 10.9. The summed E-state index contributed by atoms with van der Waals surface area (Å²) in [4.78, 5) is 13.9. The Bertz CT molecular complexity index is 498. The molecule has 0 aromatic carbocycles. The Morgan fingerprint density at radius 3 is 2.71 bits per heavy atom. The number of nitrogens with one attached hydrogen (secondary N) is 1. The molecular formula is C16H32IN7. The number of hydrogen-bond donors (Lipinski definition) is 1. The van der Waals surface area contributed by atoms with Crippen LogP contribution in [0.3, 0.4) is 0 Å². The standard InChI is InChI=1S/C16H31N7.HI/c1-5-17-16(18-10-15-19-13-20-21(15)4)23-9-8-14(12-23)11-22(6-2)7-3;/h13-14H,5-12H2,1-4H3,(H,17,18);1H. The summed E-state index contributed by atoms with van der Waals surface area (Å²) in [6.07, 6.45) is 2.82. The zero-order valence-electron chi connectivity index (χ0n) is 15.4. The predicted molar refractivity (Wildman–Crippen MR) is 109 cm³/mol. The third-order valence-corrected chi connectivity index (χ3v) is 4.51. The maximum Gasteiger partial charge on any atom is 0.194 e. The van der Waals surface area contributed by atoms with Gasteiger partial charge in [-0.15, -0.1) is 24.0 Å². The first-order valence-corrected chi connectivity index (χ1v) is 8.76. The molecule has 1 aliphatic heterocycles. The van der Waals surface area contributed by atoms with E-state index in [1.54, 1.807) is 11.0 Å². The summed E-state index contributed by atoms with van der Waals surface area (Å²) >= 11 is 0. The lowest BCUT2D eigenvalue weighted by molar-refractivity contribution is 0.255. The molecule has 2 heterocycles. The average Bonchev–Trinajstić information content (AvgIpc) is 3.18. The summed E-state index contributed by atoms with van der Waals surface area (Å²) in [7, 11) is 1.90. The van der Waals surface area contributed by atoms with Gasteiger partial charge in [-0.25, -0.2) is 9.98 Å². The van der Waals surface area contributed by atoms with E-state index in [9.17, 15) is 0 Å². The van der Waals surface area contributed by atoms with Crippen LogP contribution in [0.15, 0.2) is 11.3 Å². The van der Waals surface area contributed by atoms with Gasteiger partial charge >= 0.3 is 0 Å². The Hall–Kier alpha value is -0.900. The highest BCUT2D eigenvalue weighted by atomic mass is 127. The summed E-state index contributed by atoms with van der Waals surface area (Å²) in [5, 5.41) is 7.51. The summed E-state index contributed by atoms with van der Waals surface area (Å²) in [6, 6.07) is 0. The molecule has 1 aliphatic rings. The number of aliphatic imine (C=N–C) groups is 1. The maximum absolute atomic E-state index is 4.75. The Labute approximate surface area is 162 Å². The molecule has 0 bridgehead atoms. The van der Waals surface area contributed by atoms with Gasteiger partial charge in [-0.2, -0.15) is 5.10 Å². The van der Waals surface area contributed by atoms with Crippen LogP contribution in [-0.2, 0) is 13.6 Å². The van der Waals surface area contributed by atoms with Crippen LogP contribution in [0, 0.1) is 5.92 Å². The van der Waals surface area contributed by atoms with Gasteiger partial charge in [0.1, 0.15) is 18.7 Å². The van der Waals surface area contributed by atoms with E-state index in [1.807, 2.05) is 7.05 Å². The molecule has 0 spiro atoms. The van der Waals surface area contributed by atoms with Gasteiger partial charge < -0.3 is 15.1 Å². The monoisotopic (exact) mass is 449 g/mol. The summed E-state index contributed by atoms with van der Waals surface area (Å²) in [5.74, 6) is 2.62. The third kappa shape index (κ3) is 5.87. The zero-order valence-corrected chi connectivity index (χ0v) is 17.7. The van der Waals surface area contributed by atoms with Gasteiger partial charge in [0.15, 0.2) is 5.96 Å². The fraction of sp³-hybridized carbons (Fsp3) is 0.812. The van der Waals surface area contributed by atoms with Gasteiger partial charge in [-0.1, -0.05) is 13.8 Å². The molecule has 0 aliphatic carbocycles. The van der Waals surface area contributed by atoms with Crippen molar-refractivity contribution in [1.82, 2.24) is 29.9 Å². The van der Waals surface area contributed by atoms with Gasteiger partial charge in [0.25, 0.3) is 0 Å². The fourth-order valence-corrected chi connectivity index (χ4v) is 3.06. The number of halogens is 1. The minimum atomic E-state index is 0. The number of hydrogen-bond acceptors (Lipinski definition) is 4. The Morgan fingerprint density at radius 2 is 2.12 bits per heavy atom. The zero-order chi connectivity index (χ0) is 16.7. The average molecular weight is 449 g/mol. The van der Waals surface area contributed by atoms with E-state index in [2.05, 4.69) is 46.0 Å². The first-order chi connectivity index (χ1) is 11.2. The van der Waals surface area contributed by atoms with Gasteiger partial charge in [-0.3, -0.25) is 4.68 Å². The molecule has 0 saturated carbocycles. The van der Waals surface area contributed by atoms with Crippen molar-refractivity contribution >= 4 is 29.9 Å². The van der Waals surface area contributed by atoms with Crippen molar-refractivity contribution < 1.29 is 0 Å². The topological polar surface area (TPSA) is 61.6 Å². The van der Waals surface area contributed by atoms with Crippen molar-refractivity contribution in [1.29, 1.82) is 0 Å². The second-order valence-electron chi connectivity index (χ2n) is 6.06. The molecule has 1 unspecified atom stereocenters. The van der Waals surface area contributed by atoms with Crippen LogP contribution in [0.2, 0.25) is 0 Å². The molecule has 24 heavy (non-hydrogen) atoms. The Morgan fingerprint density at radius 1 is 1.38 bits per heavy atom. The fourth-order valence-electron chi connectivity index (χ4n) is 3.06. The molecule has 0 radical (unpaired) electrons. The van der Waals surface area contributed by atoms with E-state index in [4.69, 9.17) is 4.99 Å². The summed E-state index contributed by atoms with van der Waals surface area (Å²) in [5.41, 5.74) is 0. The van der Waals surface area contributed by atoms with Gasteiger partial charge in [0.2, 0.25) is 0 Å². The molecule has 138 valence electrons. The molecule has 1 aromatic rings. The van der Waals surface area contributed by atoms with Crippen LogP contribution in [0.4, 0.5) is 0 Å². The highest BCUT2D eigenvalue weighted by Gasteiger charge is 2.25. The van der Waals surface area contributed by atoms with E-state index in [0.717, 1.165) is 50.4 Å². The lowest BCUT2D eigenvalue weighted by atomic mass is 10.1. The van der Waals surface area contributed by atoms with Crippen LogP contribution in [-0.4, -0.2) is 69.8 Å². The van der Waals surface area contributed by atoms with Crippen LogP contribution in [0.1, 0.15) is 33.0 Å². The highest BCUT2D eigenvalue weighted by molar-refractivity contribution is 14.0. The first-order valence-electron chi connectivity index (χ1n) is 8.76. The lowest BCUT2D eigenvalue weighted by Gasteiger charge is -2.24. The van der Waals surface area contributed by atoms with E-state index < -0.39 is 0 Å². The number of rotatable bonds is 7. The van der Waals surface area contributed by atoms with Crippen LogP contribution in [0.5, 0.6) is 0 Å². The normalized spacial score (nSPS) is 18.1. The molecular weight excluding hydrogens is 417 g/mol. The van der Waals surface area contributed by atoms with Crippen molar-refractivity contribution in [3.63, 3.8) is 0 Å². The number of likely N-dealkylation sites (tertiary alicyclic amines) is 1. The lowest BCUT2D eigenvalue weighted by Crippen LogP contribution is -2.41. The van der Waals surface area contributed by atoms with Crippen molar-refractivity contribution in [3.8, 4) is 0 Å². The molecule has 1 fully saturated rings. The van der Waals surface area contributed by atoms with Gasteiger partial charge in [-0.05, 0) is 32.4 Å². The summed E-state index contributed by atoms with van der Waals surface area (Å²) in [6.45, 7) is 13.7. The second-order valence-corrected chi connectivity index (χ2v) is 6.06. The van der Waals surface area contributed by atoms with Crippen LogP contribution in [0.25, 0.3) is 0 Å². The maximum atomic E-state index is 4.75. The number of aryl methyl sites for hydroxylation is 1. The first kappa shape index (κ1) is 21.1. The quantitative estimate of drug-likeness (QED) is 0.389. The SMILES string of the molecule is CCNC(=NCc1ncnn1C)N1CCC(CN(CC)CC)C1.I. The van der Waals surface area contributed by atoms with Crippen molar-refractivity contribution in [3.05, 3.63) is 12.2 Å². The minimum Gasteiger partial charge on any atom is -0.357 e. The third-order valence-electron chi connectivity index (χ3n) is 4.51. The molecule has 0 amide bonds. The number of guanidine groups is 1. The van der Waals surface area contributed by atoms with Crippen LogP contribution >= 0.6 is 24.0 Å². The van der Waals surface area contributed by atoms with Gasteiger partial charge in [0, 0.05) is 33.2 Å². The Kier molecular flexibility index (Phi) is 9.57. The van der Waals surface area contributed by atoms with Crippen molar-refractivity contribution in [2.45, 2.75) is 33.7 Å². The minimum absolute atomic E-state index is 0. The van der Waals surface area contributed by atoms with E-state index in [0.29, 0.717) is 6.54 Å². The largest absolute Gasteiger partial charge is 0.357 e. The van der Waals surface area contributed by atoms with E-state index in [1.165, 1.54) is 13.0 Å². The van der Waals surface area contributed by atoms with E-state index in [-0.39, 0.29) is 24.0 Å². The highest BCUT2D eigenvalue weighted by Crippen LogP contribution is 2.17. The van der Waals surface area contributed by atoms with Crippen molar-refractivity contribution in [2.75, 3.05) is 39.3 Å². The summed E-state index contributed by atoms with van der Waals surface area (Å²) < 4.78 is 1.78. The van der Waals surface area contributed by atoms with Crippen molar-refractivity contribution in [2.24, 2.45) is 18.0 Å². The smallest absolute Gasteiger partial charge is 0.194 e. The molecule has 1 N–H and O–H groups in total.